The van der Waals surface area contributed by atoms with E-state index in [2.05, 4.69) is 4.98 Å². The maximum absolute atomic E-state index is 12.5. The Hall–Kier alpha value is -1.62. The molecule has 1 aliphatic rings. The van der Waals surface area contributed by atoms with Crippen LogP contribution in [0.1, 0.15) is 50.2 Å². The molecule has 0 bridgehead atoms. The Labute approximate surface area is 119 Å². The molecule has 1 saturated heterocycles. The monoisotopic (exact) mass is 277 g/mol. The second-order valence-corrected chi connectivity index (χ2v) is 6.89. The third kappa shape index (κ3) is 3.10. The van der Waals surface area contributed by atoms with E-state index in [9.17, 15) is 9.90 Å². The lowest BCUT2D eigenvalue weighted by molar-refractivity contribution is 0.0572. The molecule has 2 heterocycles. The van der Waals surface area contributed by atoms with Crippen LogP contribution in [0.5, 0.6) is 0 Å². The van der Waals surface area contributed by atoms with Gasteiger partial charge in [0.1, 0.15) is 5.82 Å². The van der Waals surface area contributed by atoms with Crippen molar-refractivity contribution >= 4 is 11.7 Å². The highest BCUT2D eigenvalue weighted by molar-refractivity contribution is 5.95. The average Bonchev–Trinajstić information content (AvgIpc) is 2.67. The lowest BCUT2D eigenvalue weighted by Crippen LogP contribution is -2.34. The standard InChI is InChI=1S/C15H23N3O2/c1-14(2,3)11-7-10(8-12(16)17-11)13(19)18-6-5-15(4,20)9-18/h7-8,20H,5-6,9H2,1-4H3,(H2,16,17). The van der Waals surface area contributed by atoms with Crippen LogP contribution in [0, 0.1) is 0 Å². The molecule has 2 rings (SSSR count). The molecule has 5 nitrogen and oxygen atoms in total. The molecule has 0 spiro atoms. The summed E-state index contributed by atoms with van der Waals surface area (Å²) in [6, 6.07) is 3.40. The van der Waals surface area contributed by atoms with Crippen LogP contribution < -0.4 is 5.73 Å². The first-order chi connectivity index (χ1) is 9.08. The van der Waals surface area contributed by atoms with Crippen LogP contribution in [0.15, 0.2) is 12.1 Å². The van der Waals surface area contributed by atoms with E-state index in [1.165, 1.54) is 0 Å². The van der Waals surface area contributed by atoms with Gasteiger partial charge in [-0.2, -0.15) is 0 Å². The number of amides is 1. The number of anilines is 1. The Balaban J connectivity index is 2.29. The smallest absolute Gasteiger partial charge is 0.254 e. The van der Waals surface area contributed by atoms with Gasteiger partial charge >= 0.3 is 0 Å². The fourth-order valence-electron chi connectivity index (χ4n) is 2.36. The summed E-state index contributed by atoms with van der Waals surface area (Å²) < 4.78 is 0. The van der Waals surface area contributed by atoms with Crippen molar-refractivity contribution in [2.75, 3.05) is 18.8 Å². The second kappa shape index (κ2) is 4.74. The molecule has 0 saturated carbocycles. The number of pyridine rings is 1. The molecule has 110 valence electrons. The Kier molecular flexibility index (Phi) is 3.50. The summed E-state index contributed by atoms with van der Waals surface area (Å²) in [5, 5.41) is 9.97. The zero-order valence-corrected chi connectivity index (χ0v) is 12.6. The molecule has 0 aliphatic carbocycles. The average molecular weight is 277 g/mol. The van der Waals surface area contributed by atoms with Crippen LogP contribution in [-0.4, -0.2) is 39.6 Å². The fraction of sp³-hybridized carbons (Fsp3) is 0.600. The van der Waals surface area contributed by atoms with Gasteiger partial charge in [-0.1, -0.05) is 20.8 Å². The number of nitrogens with zero attached hydrogens (tertiary/aromatic N) is 2. The molecule has 1 atom stereocenters. The molecule has 0 aromatic carbocycles. The molecule has 0 radical (unpaired) electrons. The summed E-state index contributed by atoms with van der Waals surface area (Å²) in [5.41, 5.74) is 6.20. The third-order valence-electron chi connectivity index (χ3n) is 3.60. The minimum absolute atomic E-state index is 0.0950. The normalized spacial score (nSPS) is 23.1. The molecule has 1 fully saturated rings. The van der Waals surface area contributed by atoms with Crippen molar-refractivity contribution < 1.29 is 9.90 Å². The van der Waals surface area contributed by atoms with Crippen LogP contribution in [0.25, 0.3) is 0 Å². The highest BCUT2D eigenvalue weighted by Gasteiger charge is 2.34. The van der Waals surface area contributed by atoms with Crippen LogP contribution in [0.3, 0.4) is 0 Å². The van der Waals surface area contributed by atoms with E-state index in [1.54, 1.807) is 24.0 Å². The van der Waals surface area contributed by atoms with E-state index in [4.69, 9.17) is 5.73 Å². The Morgan fingerprint density at radius 3 is 2.60 bits per heavy atom. The molecule has 1 aromatic rings. The largest absolute Gasteiger partial charge is 0.388 e. The Morgan fingerprint density at radius 2 is 2.10 bits per heavy atom. The van der Waals surface area contributed by atoms with Crippen molar-refractivity contribution in [1.82, 2.24) is 9.88 Å². The number of aromatic nitrogens is 1. The number of nitrogens with two attached hydrogens (primary N) is 1. The first-order valence-corrected chi connectivity index (χ1v) is 6.88. The van der Waals surface area contributed by atoms with Gasteiger partial charge in [0.25, 0.3) is 5.91 Å². The number of hydrogen-bond donors (Lipinski definition) is 2. The number of carbonyl (C=O) groups excluding carboxylic acids is 1. The minimum Gasteiger partial charge on any atom is -0.388 e. The lowest BCUT2D eigenvalue weighted by Gasteiger charge is -2.22. The highest BCUT2D eigenvalue weighted by Crippen LogP contribution is 2.25. The van der Waals surface area contributed by atoms with Crippen LogP contribution in [0.4, 0.5) is 5.82 Å². The van der Waals surface area contributed by atoms with Gasteiger partial charge in [0.2, 0.25) is 0 Å². The van der Waals surface area contributed by atoms with Crippen LogP contribution in [-0.2, 0) is 5.41 Å². The van der Waals surface area contributed by atoms with Crippen molar-refractivity contribution in [1.29, 1.82) is 0 Å². The maximum Gasteiger partial charge on any atom is 0.254 e. The summed E-state index contributed by atoms with van der Waals surface area (Å²) >= 11 is 0. The van der Waals surface area contributed by atoms with Gasteiger partial charge in [-0.25, -0.2) is 4.98 Å². The quantitative estimate of drug-likeness (QED) is 0.816. The molecular formula is C15H23N3O2. The zero-order valence-electron chi connectivity index (χ0n) is 12.6. The van der Waals surface area contributed by atoms with Gasteiger partial charge < -0.3 is 15.7 Å². The van der Waals surface area contributed by atoms with Gasteiger partial charge in [0, 0.05) is 29.8 Å². The number of hydrogen-bond acceptors (Lipinski definition) is 4. The van der Waals surface area contributed by atoms with Gasteiger partial charge in [0.15, 0.2) is 0 Å². The van der Waals surface area contributed by atoms with Gasteiger partial charge in [0.05, 0.1) is 5.60 Å². The summed E-state index contributed by atoms with van der Waals surface area (Å²) in [6.45, 7) is 8.77. The topological polar surface area (TPSA) is 79.5 Å². The second-order valence-electron chi connectivity index (χ2n) is 6.89. The van der Waals surface area contributed by atoms with Crippen molar-refractivity contribution in [3.05, 3.63) is 23.4 Å². The molecule has 1 aromatic heterocycles. The molecule has 5 heteroatoms. The summed E-state index contributed by atoms with van der Waals surface area (Å²) in [4.78, 5) is 18.5. The first kappa shape index (κ1) is 14.8. The molecular weight excluding hydrogens is 254 g/mol. The van der Waals surface area contributed by atoms with E-state index < -0.39 is 5.60 Å². The highest BCUT2D eigenvalue weighted by atomic mass is 16.3. The first-order valence-electron chi connectivity index (χ1n) is 6.88. The zero-order chi connectivity index (χ0) is 15.1. The number of aliphatic hydroxyl groups is 1. The molecule has 1 aliphatic heterocycles. The summed E-state index contributed by atoms with van der Waals surface area (Å²) in [6.07, 6.45) is 0.603. The lowest BCUT2D eigenvalue weighted by atomic mass is 9.90. The van der Waals surface area contributed by atoms with E-state index in [1.807, 2.05) is 20.8 Å². The fourth-order valence-corrected chi connectivity index (χ4v) is 2.36. The number of carbonyl (C=O) groups is 1. The van der Waals surface area contributed by atoms with E-state index >= 15 is 0 Å². The van der Waals surface area contributed by atoms with Gasteiger partial charge in [-0.05, 0) is 25.5 Å². The van der Waals surface area contributed by atoms with E-state index in [0.717, 1.165) is 5.69 Å². The van der Waals surface area contributed by atoms with E-state index in [0.29, 0.717) is 30.9 Å². The maximum atomic E-state index is 12.5. The minimum atomic E-state index is -0.791. The predicted octanol–water partition coefficient (Wildman–Crippen LogP) is 1.56. The molecule has 1 amide bonds. The Morgan fingerprint density at radius 1 is 1.45 bits per heavy atom. The van der Waals surface area contributed by atoms with Crippen molar-refractivity contribution in [2.24, 2.45) is 0 Å². The number of rotatable bonds is 1. The van der Waals surface area contributed by atoms with Gasteiger partial charge in [-0.3, -0.25) is 4.79 Å². The predicted molar refractivity (Wildman–Crippen MR) is 78.5 cm³/mol. The van der Waals surface area contributed by atoms with E-state index in [-0.39, 0.29) is 11.3 Å². The molecule has 3 N–H and O–H groups in total. The molecule has 1 unspecified atom stereocenters. The summed E-state index contributed by atoms with van der Waals surface area (Å²) in [5.74, 6) is 0.258. The Bertz CT molecular complexity index is 532. The van der Waals surface area contributed by atoms with Crippen molar-refractivity contribution in [2.45, 2.75) is 45.1 Å². The summed E-state index contributed by atoms with van der Waals surface area (Å²) in [7, 11) is 0. The number of nitrogen functional groups attached to an aromatic ring is 1. The molecule has 20 heavy (non-hydrogen) atoms. The van der Waals surface area contributed by atoms with Crippen molar-refractivity contribution in [3.63, 3.8) is 0 Å². The third-order valence-corrected chi connectivity index (χ3v) is 3.60. The number of β-amino-alcohol motifs (C(OH)–C–C–N with tert-alkyl or cyclic N) is 1. The number of likely N-dealkylation sites (tertiary alicyclic amines) is 1. The van der Waals surface area contributed by atoms with Gasteiger partial charge in [-0.15, -0.1) is 0 Å². The van der Waals surface area contributed by atoms with Crippen molar-refractivity contribution in [3.8, 4) is 0 Å². The van der Waals surface area contributed by atoms with Crippen LogP contribution >= 0.6 is 0 Å². The SMILES string of the molecule is CC1(O)CCN(C(=O)c2cc(N)nc(C(C)(C)C)c2)C1. The van der Waals surface area contributed by atoms with Crippen LogP contribution in [0.2, 0.25) is 0 Å².